The van der Waals surface area contributed by atoms with Gasteiger partial charge in [0.05, 0.1) is 41.1 Å². The molecule has 3 aromatic rings. The second-order valence-electron chi connectivity index (χ2n) is 14.8. The molecular weight excluding hydrogens is 722 g/mol. The van der Waals surface area contributed by atoms with Crippen molar-refractivity contribution in [3.05, 3.63) is 88.0 Å². The molecule has 0 N–H and O–H groups in total. The number of non-ortho nitro benzene ring substituents is 1. The van der Waals surface area contributed by atoms with Gasteiger partial charge in [0, 0.05) is 31.3 Å². The van der Waals surface area contributed by atoms with Crippen molar-refractivity contribution in [1.82, 2.24) is 9.21 Å². The van der Waals surface area contributed by atoms with Gasteiger partial charge >= 0.3 is 6.09 Å². The van der Waals surface area contributed by atoms with Crippen LogP contribution in [0.4, 0.5) is 10.5 Å². The summed E-state index contributed by atoms with van der Waals surface area (Å²) in [5.74, 6) is 1.33. The molecule has 0 aromatic heterocycles. The zero-order chi connectivity index (χ0) is 38.2. The largest absolute Gasteiger partial charge is 0.489 e. The third kappa shape index (κ3) is 7.98. The zero-order valence-corrected chi connectivity index (χ0v) is 31.4. The van der Waals surface area contributed by atoms with Gasteiger partial charge < -0.3 is 33.2 Å². The molecule has 3 fully saturated rings. The second kappa shape index (κ2) is 15.3. The van der Waals surface area contributed by atoms with E-state index in [1.165, 1.54) is 28.6 Å². The summed E-state index contributed by atoms with van der Waals surface area (Å²) in [5.41, 5.74) is 0.479. The molecular formula is C38H45N3O12S. The molecule has 1 amide bonds. The lowest BCUT2D eigenvalue weighted by molar-refractivity contribution is -0.384. The van der Waals surface area contributed by atoms with Crippen LogP contribution in [0, 0.1) is 22.0 Å². The molecule has 0 bridgehead atoms. The number of amides is 1. The Hall–Kier alpha value is -4.48. The quantitative estimate of drug-likeness (QED) is 0.159. The Labute approximate surface area is 314 Å². The van der Waals surface area contributed by atoms with Crippen molar-refractivity contribution in [2.24, 2.45) is 11.8 Å². The van der Waals surface area contributed by atoms with Crippen LogP contribution in [0.15, 0.2) is 71.6 Å². The Kier molecular flexibility index (Phi) is 10.7. The van der Waals surface area contributed by atoms with Crippen molar-refractivity contribution in [2.45, 2.75) is 82.3 Å². The molecule has 4 heterocycles. The number of nitro groups is 1. The third-order valence-electron chi connectivity index (χ3n) is 10.1. The highest BCUT2D eigenvalue weighted by Crippen LogP contribution is 2.40. The monoisotopic (exact) mass is 767 g/mol. The van der Waals surface area contributed by atoms with Crippen LogP contribution < -0.4 is 14.2 Å². The molecule has 3 saturated heterocycles. The fourth-order valence-electron chi connectivity index (χ4n) is 7.45. The molecule has 54 heavy (non-hydrogen) atoms. The molecule has 15 nitrogen and oxygen atoms in total. The SMILES string of the molecule is CC(C)CN(C[C@H]1OC(C)(C)N(C(=O)O[C@H]2CO[C@H]3OCC[C@H]32)[C@H]1Cc1ccc(OCc2ccc([N+](=O)[O-])cc2)cc1)S(=O)(=O)c1ccc2c(c1)OCO2. The van der Waals surface area contributed by atoms with Crippen LogP contribution in [-0.2, 0) is 42.0 Å². The molecule has 0 unspecified atom stereocenters. The molecule has 0 aliphatic carbocycles. The first-order chi connectivity index (χ1) is 25.8. The van der Waals surface area contributed by atoms with Gasteiger partial charge in [0.25, 0.3) is 5.69 Å². The molecule has 16 heteroatoms. The van der Waals surface area contributed by atoms with E-state index in [4.69, 9.17) is 33.2 Å². The molecule has 0 radical (unpaired) electrons. The number of nitro benzene ring substituents is 1. The Bertz CT molecular complexity index is 1940. The number of benzene rings is 3. The highest BCUT2D eigenvalue weighted by Gasteiger charge is 2.53. The summed E-state index contributed by atoms with van der Waals surface area (Å²) in [4.78, 5) is 26.4. The van der Waals surface area contributed by atoms with Crippen LogP contribution in [-0.4, -0.2) is 92.0 Å². The van der Waals surface area contributed by atoms with E-state index >= 15 is 0 Å². The number of ether oxygens (including phenoxy) is 7. The number of sulfonamides is 1. The lowest BCUT2D eigenvalue weighted by atomic mass is 9.99. The Morgan fingerprint density at radius 1 is 1.02 bits per heavy atom. The Balaban J connectivity index is 1.14. The summed E-state index contributed by atoms with van der Waals surface area (Å²) >= 11 is 0. The number of rotatable bonds is 13. The van der Waals surface area contributed by atoms with Crippen molar-refractivity contribution in [1.29, 1.82) is 0 Å². The number of carbonyl (C=O) groups excluding carboxylic acids is 1. The van der Waals surface area contributed by atoms with E-state index in [0.717, 1.165) is 17.5 Å². The molecule has 4 aliphatic rings. The van der Waals surface area contributed by atoms with Gasteiger partial charge in [-0.1, -0.05) is 26.0 Å². The van der Waals surface area contributed by atoms with Gasteiger partial charge in [-0.25, -0.2) is 13.2 Å². The smallest absolute Gasteiger partial charge is 0.412 e. The topological polar surface area (TPSA) is 165 Å². The van der Waals surface area contributed by atoms with E-state index in [9.17, 15) is 23.3 Å². The maximum absolute atomic E-state index is 14.3. The van der Waals surface area contributed by atoms with Crippen LogP contribution in [0.3, 0.4) is 0 Å². The predicted molar refractivity (Wildman–Crippen MR) is 192 cm³/mol. The summed E-state index contributed by atoms with van der Waals surface area (Å²) in [6.07, 6.45) is -1.17. The molecule has 0 spiro atoms. The molecule has 5 atom stereocenters. The first-order valence-electron chi connectivity index (χ1n) is 18.0. The van der Waals surface area contributed by atoms with E-state index in [1.54, 1.807) is 36.9 Å². The molecule has 290 valence electrons. The van der Waals surface area contributed by atoms with Gasteiger partial charge in [-0.05, 0) is 80.1 Å². The Morgan fingerprint density at radius 3 is 2.46 bits per heavy atom. The maximum Gasteiger partial charge on any atom is 0.412 e. The average molecular weight is 768 g/mol. The molecule has 7 rings (SSSR count). The molecule has 3 aromatic carbocycles. The van der Waals surface area contributed by atoms with E-state index in [0.29, 0.717) is 30.3 Å². The lowest BCUT2D eigenvalue weighted by Gasteiger charge is -2.34. The maximum atomic E-state index is 14.3. The first kappa shape index (κ1) is 37.8. The van der Waals surface area contributed by atoms with Crippen molar-refractivity contribution < 1.29 is 51.3 Å². The average Bonchev–Trinajstić information content (AvgIpc) is 3.92. The predicted octanol–water partition coefficient (Wildman–Crippen LogP) is 5.50. The lowest BCUT2D eigenvalue weighted by Crippen LogP contribution is -2.51. The minimum atomic E-state index is -4.04. The van der Waals surface area contributed by atoms with Crippen molar-refractivity contribution >= 4 is 21.8 Å². The summed E-state index contributed by atoms with van der Waals surface area (Å²) in [6.45, 7) is 8.60. The van der Waals surface area contributed by atoms with Gasteiger partial charge in [0.2, 0.25) is 16.8 Å². The number of nitrogens with zero attached hydrogens (tertiary/aromatic N) is 3. The number of hydrogen-bond donors (Lipinski definition) is 0. The zero-order valence-electron chi connectivity index (χ0n) is 30.6. The van der Waals surface area contributed by atoms with E-state index in [2.05, 4.69) is 0 Å². The summed E-state index contributed by atoms with van der Waals surface area (Å²) < 4.78 is 70.9. The van der Waals surface area contributed by atoms with Crippen molar-refractivity contribution in [3.63, 3.8) is 0 Å². The van der Waals surface area contributed by atoms with E-state index in [-0.39, 0.29) is 55.5 Å². The number of carbonyl (C=O) groups is 1. The standard InChI is InChI=1S/C38H45N3O12S/c1-24(2)19-39(54(45,46)29-13-14-32-33(18-29)51-23-50-32)20-34-31(40(38(3,4)53-34)37(42)52-35-22-49-36-30(35)15-16-47-36)17-25-7-11-28(12-8-25)48-21-26-5-9-27(10-6-26)41(43)44/h5-14,18,24,30-31,34-36H,15-17,19-23H2,1-4H3/t30-,31-,34+,35-,36+/m0/s1. The minimum absolute atomic E-state index is 0.00424. The summed E-state index contributed by atoms with van der Waals surface area (Å²) in [6, 6.07) is 17.5. The first-order valence-corrected chi connectivity index (χ1v) is 19.5. The van der Waals surface area contributed by atoms with Crippen molar-refractivity contribution in [2.75, 3.05) is 33.1 Å². The van der Waals surface area contributed by atoms with Crippen LogP contribution >= 0.6 is 0 Å². The van der Waals surface area contributed by atoms with Crippen LogP contribution in [0.5, 0.6) is 17.2 Å². The van der Waals surface area contributed by atoms with Gasteiger partial charge in [0.1, 0.15) is 24.2 Å². The highest BCUT2D eigenvalue weighted by atomic mass is 32.2. The van der Waals surface area contributed by atoms with Crippen LogP contribution in [0.2, 0.25) is 0 Å². The van der Waals surface area contributed by atoms with E-state index in [1.807, 2.05) is 38.1 Å². The highest BCUT2D eigenvalue weighted by molar-refractivity contribution is 7.89. The van der Waals surface area contributed by atoms with Gasteiger partial charge in [-0.3, -0.25) is 15.0 Å². The van der Waals surface area contributed by atoms with Crippen molar-refractivity contribution in [3.8, 4) is 17.2 Å². The Morgan fingerprint density at radius 2 is 1.74 bits per heavy atom. The fraction of sp³-hybridized carbons (Fsp3) is 0.500. The summed E-state index contributed by atoms with van der Waals surface area (Å²) in [5, 5.41) is 11.0. The number of fused-ring (bicyclic) bond motifs is 2. The van der Waals surface area contributed by atoms with Crippen LogP contribution in [0.25, 0.3) is 0 Å². The normalized spacial score (nSPS) is 24.3. The van der Waals surface area contributed by atoms with E-state index < -0.39 is 51.3 Å². The van der Waals surface area contributed by atoms with Gasteiger partial charge in [-0.2, -0.15) is 4.31 Å². The van der Waals surface area contributed by atoms with Gasteiger partial charge in [-0.15, -0.1) is 0 Å². The fourth-order valence-corrected chi connectivity index (χ4v) is 9.08. The number of hydrogen-bond acceptors (Lipinski definition) is 12. The minimum Gasteiger partial charge on any atom is -0.489 e. The van der Waals surface area contributed by atoms with Crippen LogP contribution in [0.1, 0.15) is 45.2 Å². The third-order valence-corrected chi connectivity index (χ3v) is 11.9. The second-order valence-corrected chi connectivity index (χ2v) is 16.7. The molecule has 4 aliphatic heterocycles. The summed E-state index contributed by atoms with van der Waals surface area (Å²) in [7, 11) is -4.04. The molecule has 0 saturated carbocycles. The van der Waals surface area contributed by atoms with Gasteiger partial charge in [0.15, 0.2) is 17.8 Å².